The molecule has 2 aromatic carbocycles. The number of fused-ring (bicyclic) bond motifs is 3. The topological polar surface area (TPSA) is 109 Å². The third-order valence-electron chi connectivity index (χ3n) is 6.09. The van der Waals surface area contributed by atoms with Gasteiger partial charge < -0.3 is 20.1 Å². The highest BCUT2D eigenvalue weighted by Gasteiger charge is 2.63. The molecular weight excluding hydrogens is 396 g/mol. The average molecular weight is 414 g/mol. The van der Waals surface area contributed by atoms with Crippen LogP contribution in [-0.4, -0.2) is 32.6 Å². The summed E-state index contributed by atoms with van der Waals surface area (Å²) < 4.78 is 10.6. The van der Waals surface area contributed by atoms with Crippen LogP contribution in [-0.2, 0) is 19.7 Å². The number of cyclic esters (lactones) is 1. The summed E-state index contributed by atoms with van der Waals surface area (Å²) in [6.07, 6.45) is 0. The molecule has 0 aliphatic carbocycles. The average Bonchev–Trinajstić information content (AvgIpc) is 3.27. The molecule has 2 aromatic rings. The van der Waals surface area contributed by atoms with Crippen molar-refractivity contribution >= 4 is 23.3 Å². The molecule has 0 saturated heterocycles. The first-order valence-electron chi connectivity index (χ1n) is 9.59. The molecule has 0 aromatic heterocycles. The van der Waals surface area contributed by atoms with Crippen LogP contribution in [0.15, 0.2) is 71.2 Å². The number of amides is 1. The molecule has 0 saturated carbocycles. The summed E-state index contributed by atoms with van der Waals surface area (Å²) in [5.74, 6) is -0.306. The highest BCUT2D eigenvalue weighted by molar-refractivity contribution is 6.19. The van der Waals surface area contributed by atoms with Gasteiger partial charge in [-0.05, 0) is 30.3 Å². The molecule has 3 aliphatic rings. The Hall–Kier alpha value is -4.25. The highest BCUT2D eigenvalue weighted by Crippen LogP contribution is 2.55. The van der Waals surface area contributed by atoms with E-state index in [9.17, 15) is 14.9 Å². The van der Waals surface area contributed by atoms with E-state index in [0.29, 0.717) is 28.4 Å². The van der Waals surface area contributed by atoms with E-state index in [-0.39, 0.29) is 23.6 Å². The van der Waals surface area contributed by atoms with Gasteiger partial charge in [-0.15, -0.1) is 0 Å². The van der Waals surface area contributed by atoms with Gasteiger partial charge in [0.15, 0.2) is 0 Å². The number of nitriles is 1. The van der Waals surface area contributed by atoms with Gasteiger partial charge >= 0.3 is 5.97 Å². The SMILES string of the molecule is COc1ccc(N2C(N)=C(C#N)C3(C(=O)N(C)c4ccccc43)C3=C2COC3=O)cc1. The number of nitrogens with two attached hydrogens (primary N) is 1. The van der Waals surface area contributed by atoms with Gasteiger partial charge in [-0.1, -0.05) is 18.2 Å². The quantitative estimate of drug-likeness (QED) is 0.748. The smallest absolute Gasteiger partial charge is 0.338 e. The molecule has 154 valence electrons. The first-order valence-corrected chi connectivity index (χ1v) is 9.59. The van der Waals surface area contributed by atoms with Crippen molar-refractivity contribution in [3.8, 4) is 11.8 Å². The zero-order valence-electron chi connectivity index (χ0n) is 16.9. The fraction of sp³-hybridized carbons (Fsp3) is 0.174. The number of hydrogen-bond donors (Lipinski definition) is 1. The third-order valence-corrected chi connectivity index (χ3v) is 6.09. The molecule has 0 fully saturated rings. The Kier molecular flexibility index (Phi) is 3.86. The lowest BCUT2D eigenvalue weighted by Crippen LogP contribution is -2.50. The molecule has 1 spiro atoms. The zero-order valence-corrected chi connectivity index (χ0v) is 16.9. The molecular formula is C23H18N4O4. The first-order chi connectivity index (χ1) is 15.0. The number of methoxy groups -OCH3 is 1. The van der Waals surface area contributed by atoms with Crippen LogP contribution in [0.4, 0.5) is 11.4 Å². The lowest BCUT2D eigenvalue weighted by atomic mass is 9.67. The van der Waals surface area contributed by atoms with E-state index in [2.05, 4.69) is 6.07 Å². The maximum atomic E-state index is 13.7. The van der Waals surface area contributed by atoms with Gasteiger partial charge in [0, 0.05) is 24.0 Å². The minimum absolute atomic E-state index is 0.00252. The molecule has 1 atom stereocenters. The van der Waals surface area contributed by atoms with Crippen LogP contribution in [0.2, 0.25) is 0 Å². The molecule has 8 heteroatoms. The largest absolute Gasteiger partial charge is 0.497 e. The van der Waals surface area contributed by atoms with Crippen LogP contribution in [0.1, 0.15) is 5.56 Å². The summed E-state index contributed by atoms with van der Waals surface area (Å²) in [6.45, 7) is -0.0550. The van der Waals surface area contributed by atoms with Gasteiger partial charge in [-0.2, -0.15) is 5.26 Å². The summed E-state index contributed by atoms with van der Waals surface area (Å²) in [7, 11) is 3.18. The number of benzene rings is 2. The number of hydrogen-bond acceptors (Lipinski definition) is 7. The minimum atomic E-state index is -1.63. The Morgan fingerprint density at radius 1 is 1.16 bits per heavy atom. The molecule has 1 unspecified atom stereocenters. The Morgan fingerprint density at radius 2 is 1.87 bits per heavy atom. The van der Waals surface area contributed by atoms with Crippen molar-refractivity contribution in [2.75, 3.05) is 30.6 Å². The maximum Gasteiger partial charge on any atom is 0.338 e. The normalized spacial score (nSPS) is 22.0. The van der Waals surface area contributed by atoms with E-state index in [1.165, 1.54) is 4.90 Å². The van der Waals surface area contributed by atoms with E-state index in [4.69, 9.17) is 15.2 Å². The van der Waals surface area contributed by atoms with Gasteiger partial charge in [0.1, 0.15) is 29.7 Å². The Morgan fingerprint density at radius 3 is 2.55 bits per heavy atom. The maximum absolute atomic E-state index is 13.7. The van der Waals surface area contributed by atoms with Gasteiger partial charge in [0.25, 0.3) is 0 Å². The Labute approximate surface area is 178 Å². The van der Waals surface area contributed by atoms with E-state index in [0.717, 1.165) is 0 Å². The summed E-state index contributed by atoms with van der Waals surface area (Å²) in [6, 6.07) is 16.3. The van der Waals surface area contributed by atoms with Crippen molar-refractivity contribution in [3.63, 3.8) is 0 Å². The molecule has 3 heterocycles. The number of carbonyl (C=O) groups excluding carboxylic acids is 2. The predicted molar refractivity (Wildman–Crippen MR) is 112 cm³/mol. The minimum Gasteiger partial charge on any atom is -0.497 e. The first kappa shape index (κ1) is 18.8. The molecule has 1 amide bonds. The summed E-state index contributed by atoms with van der Waals surface area (Å²) in [5, 5.41) is 10.2. The number of likely N-dealkylation sites (N-methyl/N-ethyl adjacent to an activating group) is 1. The molecule has 3 aliphatic heterocycles. The van der Waals surface area contributed by atoms with E-state index in [1.807, 2.05) is 0 Å². The van der Waals surface area contributed by atoms with Gasteiger partial charge in [-0.3, -0.25) is 9.69 Å². The molecule has 0 radical (unpaired) electrons. The highest BCUT2D eigenvalue weighted by atomic mass is 16.5. The number of anilines is 2. The third kappa shape index (κ3) is 2.17. The van der Waals surface area contributed by atoms with Crippen molar-refractivity contribution in [1.82, 2.24) is 0 Å². The lowest BCUT2D eigenvalue weighted by Gasteiger charge is -2.38. The summed E-state index contributed by atoms with van der Waals surface area (Å²) >= 11 is 0. The lowest BCUT2D eigenvalue weighted by molar-refractivity contribution is -0.137. The van der Waals surface area contributed by atoms with E-state index in [1.54, 1.807) is 67.6 Å². The van der Waals surface area contributed by atoms with Crippen molar-refractivity contribution in [1.29, 1.82) is 5.26 Å². The van der Waals surface area contributed by atoms with Gasteiger partial charge in [0.05, 0.1) is 24.0 Å². The number of esters is 1. The van der Waals surface area contributed by atoms with Crippen molar-refractivity contribution in [2.24, 2.45) is 5.73 Å². The Bertz CT molecular complexity index is 1260. The molecule has 31 heavy (non-hydrogen) atoms. The zero-order chi connectivity index (χ0) is 21.9. The molecule has 5 rings (SSSR count). The molecule has 8 nitrogen and oxygen atoms in total. The second-order valence-corrected chi connectivity index (χ2v) is 7.43. The number of para-hydroxylation sites is 1. The fourth-order valence-electron chi connectivity index (χ4n) is 4.73. The predicted octanol–water partition coefficient (Wildman–Crippen LogP) is 1.93. The van der Waals surface area contributed by atoms with E-state index < -0.39 is 17.3 Å². The van der Waals surface area contributed by atoms with Gasteiger partial charge in [0.2, 0.25) is 5.91 Å². The molecule has 2 N–H and O–H groups in total. The van der Waals surface area contributed by atoms with Crippen LogP contribution in [0.3, 0.4) is 0 Å². The standard InChI is InChI=1S/C23H18N4O4/c1-26-17-6-4-3-5-15(17)23(22(26)29)16(11-24)20(25)27(18-12-31-21(28)19(18)23)13-7-9-14(30-2)10-8-13/h3-10H,12,25H2,1-2H3. The van der Waals surface area contributed by atoms with Gasteiger partial charge in [-0.25, -0.2) is 4.79 Å². The second kappa shape index (κ2) is 6.37. The van der Waals surface area contributed by atoms with Crippen molar-refractivity contribution < 1.29 is 19.1 Å². The number of ether oxygens (including phenoxy) is 2. The Balaban J connectivity index is 1.84. The van der Waals surface area contributed by atoms with Crippen molar-refractivity contribution in [3.05, 3.63) is 76.8 Å². The summed E-state index contributed by atoms with van der Waals surface area (Å²) in [4.78, 5) is 29.8. The van der Waals surface area contributed by atoms with Crippen LogP contribution in [0.5, 0.6) is 5.75 Å². The number of rotatable bonds is 2. The van der Waals surface area contributed by atoms with E-state index >= 15 is 0 Å². The summed E-state index contributed by atoms with van der Waals surface area (Å²) in [5.41, 5.74) is 7.29. The second-order valence-electron chi connectivity index (χ2n) is 7.43. The van der Waals surface area contributed by atoms with Crippen LogP contribution in [0, 0.1) is 11.3 Å². The van der Waals surface area contributed by atoms with Crippen molar-refractivity contribution in [2.45, 2.75) is 5.41 Å². The van der Waals surface area contributed by atoms with Crippen LogP contribution < -0.4 is 20.3 Å². The number of nitrogens with zero attached hydrogens (tertiary/aromatic N) is 3. The monoisotopic (exact) mass is 414 g/mol. The fourth-order valence-corrected chi connectivity index (χ4v) is 4.73. The van der Waals surface area contributed by atoms with Crippen LogP contribution in [0.25, 0.3) is 0 Å². The number of carbonyl (C=O) groups is 2. The van der Waals surface area contributed by atoms with Crippen LogP contribution >= 0.6 is 0 Å². The molecule has 0 bridgehead atoms.